The molecule has 0 radical (unpaired) electrons. The smallest absolute Gasteiger partial charge is 0.325 e. The average Bonchev–Trinajstić information content (AvgIpc) is 2.36. The highest BCUT2D eigenvalue weighted by atomic mass is 16.5. The first-order valence-corrected chi connectivity index (χ1v) is 6.02. The molecule has 1 fully saturated rings. The molecule has 1 heterocycles. The van der Waals surface area contributed by atoms with Crippen LogP contribution in [0, 0.1) is 0 Å². The molecule has 1 unspecified atom stereocenters. The minimum atomic E-state index is -1.07. The van der Waals surface area contributed by atoms with E-state index in [0.717, 1.165) is 13.1 Å². The molecule has 0 amide bonds. The number of nitrogens with zero attached hydrogens (tertiary/aromatic N) is 1. The number of ether oxygens (including phenoxy) is 2. The maximum absolute atomic E-state index is 10.9. The van der Waals surface area contributed by atoms with Crippen molar-refractivity contribution in [3.8, 4) is 11.5 Å². The number of benzene rings is 1. The third-order valence-electron chi connectivity index (χ3n) is 3.14. The van der Waals surface area contributed by atoms with E-state index in [9.17, 15) is 4.79 Å². The van der Waals surface area contributed by atoms with Crippen LogP contribution in [0.15, 0.2) is 18.2 Å². The lowest BCUT2D eigenvalue weighted by Gasteiger charge is -2.36. The Hall–Kier alpha value is -1.79. The SMILES string of the molecule is COc1cc(C(N)C(=O)O)ccc1OC1CN(C)C1. The van der Waals surface area contributed by atoms with Crippen molar-refractivity contribution < 1.29 is 19.4 Å². The standard InChI is InChI=1S/C13H18N2O4/c1-15-6-9(7-15)19-10-4-3-8(5-11(10)18-2)12(14)13(16)17/h3-5,9,12H,6-7,14H2,1-2H3,(H,16,17). The molecule has 0 saturated carbocycles. The van der Waals surface area contributed by atoms with E-state index < -0.39 is 12.0 Å². The summed E-state index contributed by atoms with van der Waals surface area (Å²) in [5.74, 6) is 0.0435. The number of hydrogen-bond acceptors (Lipinski definition) is 5. The summed E-state index contributed by atoms with van der Waals surface area (Å²) in [4.78, 5) is 13.0. The normalized spacial score (nSPS) is 17.6. The third kappa shape index (κ3) is 2.97. The van der Waals surface area contributed by atoms with Gasteiger partial charge >= 0.3 is 5.97 Å². The number of rotatable bonds is 5. The van der Waals surface area contributed by atoms with Gasteiger partial charge < -0.3 is 20.3 Å². The van der Waals surface area contributed by atoms with Crippen molar-refractivity contribution in [2.75, 3.05) is 27.2 Å². The second-order valence-electron chi connectivity index (χ2n) is 4.69. The number of likely N-dealkylation sites (N-methyl/N-ethyl adjacent to an activating group) is 1. The summed E-state index contributed by atoms with van der Waals surface area (Å²) in [6.07, 6.45) is 0.151. The van der Waals surface area contributed by atoms with E-state index in [0.29, 0.717) is 17.1 Å². The Morgan fingerprint density at radius 2 is 2.16 bits per heavy atom. The molecule has 0 spiro atoms. The zero-order chi connectivity index (χ0) is 14.0. The lowest BCUT2D eigenvalue weighted by atomic mass is 10.1. The summed E-state index contributed by atoms with van der Waals surface area (Å²) in [6, 6.07) is 3.91. The van der Waals surface area contributed by atoms with Crippen molar-refractivity contribution in [2.24, 2.45) is 5.73 Å². The van der Waals surface area contributed by atoms with Crippen LogP contribution in [-0.4, -0.2) is 49.3 Å². The van der Waals surface area contributed by atoms with Gasteiger partial charge in [0.15, 0.2) is 11.5 Å². The number of carboxylic acids is 1. The van der Waals surface area contributed by atoms with Gasteiger partial charge in [0.25, 0.3) is 0 Å². The van der Waals surface area contributed by atoms with E-state index in [1.807, 2.05) is 7.05 Å². The van der Waals surface area contributed by atoms with E-state index in [4.69, 9.17) is 20.3 Å². The van der Waals surface area contributed by atoms with Gasteiger partial charge in [0.05, 0.1) is 7.11 Å². The Morgan fingerprint density at radius 3 is 2.68 bits per heavy atom. The van der Waals surface area contributed by atoms with Crippen LogP contribution in [0.5, 0.6) is 11.5 Å². The van der Waals surface area contributed by atoms with Crippen molar-refractivity contribution >= 4 is 5.97 Å². The first-order valence-electron chi connectivity index (χ1n) is 6.02. The largest absolute Gasteiger partial charge is 0.493 e. The first kappa shape index (κ1) is 13.6. The first-order chi connectivity index (χ1) is 9.01. The second kappa shape index (κ2) is 5.46. The summed E-state index contributed by atoms with van der Waals surface area (Å²) >= 11 is 0. The number of likely N-dealkylation sites (tertiary alicyclic amines) is 1. The summed E-state index contributed by atoms with van der Waals surface area (Å²) in [5, 5.41) is 8.89. The summed E-state index contributed by atoms with van der Waals surface area (Å²) < 4.78 is 11.0. The molecule has 0 bridgehead atoms. The fourth-order valence-corrected chi connectivity index (χ4v) is 2.01. The molecule has 1 aliphatic rings. The Labute approximate surface area is 111 Å². The highest BCUT2D eigenvalue weighted by Crippen LogP contribution is 2.31. The second-order valence-corrected chi connectivity index (χ2v) is 4.69. The fourth-order valence-electron chi connectivity index (χ4n) is 2.01. The minimum absolute atomic E-state index is 0.151. The molecule has 6 heteroatoms. The van der Waals surface area contributed by atoms with Crippen LogP contribution in [0.3, 0.4) is 0 Å². The molecule has 1 saturated heterocycles. The van der Waals surface area contributed by atoms with Crippen LogP contribution < -0.4 is 15.2 Å². The van der Waals surface area contributed by atoms with Gasteiger partial charge in [0, 0.05) is 13.1 Å². The van der Waals surface area contributed by atoms with E-state index in [1.165, 1.54) is 7.11 Å². The van der Waals surface area contributed by atoms with Crippen LogP contribution in [0.25, 0.3) is 0 Å². The van der Waals surface area contributed by atoms with Gasteiger partial charge in [0.2, 0.25) is 0 Å². The van der Waals surface area contributed by atoms with Gasteiger partial charge in [-0.1, -0.05) is 6.07 Å². The van der Waals surface area contributed by atoms with Crippen molar-refractivity contribution in [3.05, 3.63) is 23.8 Å². The van der Waals surface area contributed by atoms with Crippen molar-refractivity contribution in [3.63, 3.8) is 0 Å². The quantitative estimate of drug-likeness (QED) is 0.806. The number of hydrogen-bond donors (Lipinski definition) is 2. The number of methoxy groups -OCH3 is 1. The fraction of sp³-hybridized carbons (Fsp3) is 0.462. The van der Waals surface area contributed by atoms with Crippen molar-refractivity contribution in [1.29, 1.82) is 0 Å². The zero-order valence-electron chi connectivity index (χ0n) is 11.0. The number of aliphatic carboxylic acids is 1. The topological polar surface area (TPSA) is 85.0 Å². The predicted molar refractivity (Wildman–Crippen MR) is 69.5 cm³/mol. The third-order valence-corrected chi connectivity index (χ3v) is 3.14. The lowest BCUT2D eigenvalue weighted by Crippen LogP contribution is -2.51. The predicted octanol–water partition coefficient (Wildman–Crippen LogP) is 0.472. The minimum Gasteiger partial charge on any atom is -0.493 e. The van der Waals surface area contributed by atoms with Gasteiger partial charge in [-0.05, 0) is 24.7 Å². The molecule has 19 heavy (non-hydrogen) atoms. The average molecular weight is 266 g/mol. The Bertz CT molecular complexity index is 472. The maximum Gasteiger partial charge on any atom is 0.325 e. The Balaban J connectivity index is 2.14. The maximum atomic E-state index is 10.9. The monoisotopic (exact) mass is 266 g/mol. The van der Waals surface area contributed by atoms with Crippen LogP contribution in [0.4, 0.5) is 0 Å². The summed E-state index contributed by atoms with van der Waals surface area (Å²) in [7, 11) is 3.54. The van der Waals surface area contributed by atoms with Gasteiger partial charge in [-0.3, -0.25) is 9.69 Å². The highest BCUT2D eigenvalue weighted by molar-refractivity contribution is 5.75. The molecule has 0 aliphatic carbocycles. The van der Waals surface area contributed by atoms with Crippen LogP contribution >= 0.6 is 0 Å². The number of carbonyl (C=O) groups is 1. The van der Waals surface area contributed by atoms with Crippen molar-refractivity contribution in [2.45, 2.75) is 12.1 Å². The molecule has 1 aliphatic heterocycles. The molecule has 104 valence electrons. The number of carboxylic acid groups (broad SMARTS) is 1. The molecule has 3 N–H and O–H groups in total. The van der Waals surface area contributed by atoms with Gasteiger partial charge in [0.1, 0.15) is 12.1 Å². The van der Waals surface area contributed by atoms with E-state index in [-0.39, 0.29) is 6.10 Å². The Morgan fingerprint density at radius 1 is 1.47 bits per heavy atom. The molecule has 6 nitrogen and oxygen atoms in total. The summed E-state index contributed by atoms with van der Waals surface area (Å²) in [5.41, 5.74) is 6.05. The van der Waals surface area contributed by atoms with Crippen molar-refractivity contribution in [1.82, 2.24) is 4.90 Å². The lowest BCUT2D eigenvalue weighted by molar-refractivity contribution is -0.138. The Kier molecular flexibility index (Phi) is 3.92. The molecule has 2 rings (SSSR count). The van der Waals surface area contributed by atoms with E-state index >= 15 is 0 Å². The van der Waals surface area contributed by atoms with Gasteiger partial charge in [-0.2, -0.15) is 0 Å². The van der Waals surface area contributed by atoms with E-state index in [1.54, 1.807) is 18.2 Å². The van der Waals surface area contributed by atoms with Crippen LogP contribution in [0.2, 0.25) is 0 Å². The van der Waals surface area contributed by atoms with Crippen LogP contribution in [0.1, 0.15) is 11.6 Å². The van der Waals surface area contributed by atoms with Crippen LogP contribution in [-0.2, 0) is 4.79 Å². The molecule has 1 aromatic rings. The highest BCUT2D eigenvalue weighted by Gasteiger charge is 2.26. The van der Waals surface area contributed by atoms with Gasteiger partial charge in [-0.15, -0.1) is 0 Å². The molecular formula is C13H18N2O4. The summed E-state index contributed by atoms with van der Waals surface area (Å²) in [6.45, 7) is 1.75. The van der Waals surface area contributed by atoms with E-state index in [2.05, 4.69) is 4.90 Å². The molecule has 1 atom stereocenters. The molecule has 1 aromatic carbocycles. The molecular weight excluding hydrogens is 248 g/mol. The molecule has 0 aromatic heterocycles. The zero-order valence-corrected chi connectivity index (χ0v) is 11.0. The number of nitrogens with two attached hydrogens (primary N) is 1. The van der Waals surface area contributed by atoms with Gasteiger partial charge in [-0.25, -0.2) is 0 Å².